The first-order valence-electron chi connectivity index (χ1n) is 6.68. The third kappa shape index (κ3) is 2.44. The molecule has 3 aromatic rings. The van der Waals surface area contributed by atoms with Crippen molar-refractivity contribution >= 4 is 0 Å². The maximum Gasteiger partial charge on any atom is 0.162 e. The summed E-state index contributed by atoms with van der Waals surface area (Å²) in [7, 11) is 0. The summed E-state index contributed by atoms with van der Waals surface area (Å²) in [5.41, 5.74) is 2.95. The van der Waals surface area contributed by atoms with Crippen molar-refractivity contribution in [1.29, 1.82) is 10.5 Å². The molecule has 22 heavy (non-hydrogen) atoms. The molecule has 1 atom stereocenters. The molecule has 0 amide bonds. The van der Waals surface area contributed by atoms with Crippen molar-refractivity contribution in [2.45, 2.75) is 5.92 Å². The molecule has 0 aliphatic carbocycles. The van der Waals surface area contributed by atoms with Crippen molar-refractivity contribution < 1.29 is 0 Å². The highest BCUT2D eigenvalue weighted by Crippen LogP contribution is 2.31. The Morgan fingerprint density at radius 3 is 2.36 bits per heavy atom. The minimum absolute atomic E-state index is 0.255. The van der Waals surface area contributed by atoms with E-state index in [9.17, 15) is 5.26 Å². The standard InChI is InChI=1S/C17H11N5/c18-9-12-5-7-13(8-6-12)16(17-20-11-21-22-17)15-4-2-1-3-14(15)10-19/h1-8,11,16H,(H,20,21,22). The van der Waals surface area contributed by atoms with Gasteiger partial charge in [-0.25, -0.2) is 4.98 Å². The molecule has 0 saturated carbocycles. The fourth-order valence-electron chi connectivity index (χ4n) is 2.43. The van der Waals surface area contributed by atoms with Gasteiger partial charge in [0.1, 0.15) is 6.33 Å². The number of hydrogen-bond donors (Lipinski definition) is 1. The molecule has 104 valence electrons. The van der Waals surface area contributed by atoms with Crippen LogP contribution in [-0.2, 0) is 0 Å². The molecule has 1 heterocycles. The Bertz CT molecular complexity index is 851. The van der Waals surface area contributed by atoms with E-state index in [1.807, 2.05) is 30.3 Å². The average molecular weight is 285 g/mol. The van der Waals surface area contributed by atoms with Crippen LogP contribution in [0, 0.1) is 22.7 Å². The van der Waals surface area contributed by atoms with Crippen molar-refractivity contribution in [1.82, 2.24) is 15.2 Å². The Morgan fingerprint density at radius 2 is 1.73 bits per heavy atom. The van der Waals surface area contributed by atoms with Gasteiger partial charge in [0.2, 0.25) is 0 Å². The van der Waals surface area contributed by atoms with Crippen LogP contribution in [0.3, 0.4) is 0 Å². The lowest BCUT2D eigenvalue weighted by atomic mass is 9.87. The second kappa shape index (κ2) is 5.90. The van der Waals surface area contributed by atoms with Crippen molar-refractivity contribution in [3.8, 4) is 12.1 Å². The first kappa shape index (κ1) is 13.5. The number of H-pyrrole nitrogens is 1. The lowest BCUT2D eigenvalue weighted by Gasteiger charge is -2.16. The lowest BCUT2D eigenvalue weighted by molar-refractivity contribution is 0.859. The fraction of sp³-hybridized carbons (Fsp3) is 0.0588. The minimum Gasteiger partial charge on any atom is -0.266 e. The number of nitrogens with zero attached hydrogens (tertiary/aromatic N) is 4. The zero-order chi connectivity index (χ0) is 15.4. The molecule has 3 rings (SSSR count). The van der Waals surface area contributed by atoms with Gasteiger partial charge < -0.3 is 0 Å². The van der Waals surface area contributed by atoms with Crippen molar-refractivity contribution in [2.75, 3.05) is 0 Å². The number of aromatic amines is 1. The Morgan fingerprint density at radius 1 is 0.955 bits per heavy atom. The summed E-state index contributed by atoms with van der Waals surface area (Å²) < 4.78 is 0. The number of benzene rings is 2. The molecule has 1 aromatic heterocycles. The molecule has 2 aromatic carbocycles. The van der Waals surface area contributed by atoms with E-state index in [-0.39, 0.29) is 5.92 Å². The molecule has 5 heteroatoms. The van der Waals surface area contributed by atoms with Crippen molar-refractivity contribution in [3.63, 3.8) is 0 Å². The van der Waals surface area contributed by atoms with Gasteiger partial charge in [-0.2, -0.15) is 15.6 Å². The summed E-state index contributed by atoms with van der Waals surface area (Å²) >= 11 is 0. The van der Waals surface area contributed by atoms with Gasteiger partial charge in [0.25, 0.3) is 0 Å². The number of nitriles is 2. The van der Waals surface area contributed by atoms with Gasteiger partial charge >= 0.3 is 0 Å². The normalized spacial score (nSPS) is 11.4. The predicted molar refractivity (Wildman–Crippen MR) is 79.6 cm³/mol. The van der Waals surface area contributed by atoms with Crippen molar-refractivity contribution in [3.05, 3.63) is 82.9 Å². The van der Waals surface area contributed by atoms with Crippen LogP contribution in [0.4, 0.5) is 0 Å². The Labute approximate surface area is 127 Å². The van der Waals surface area contributed by atoms with Crippen molar-refractivity contribution in [2.24, 2.45) is 0 Å². The highest BCUT2D eigenvalue weighted by molar-refractivity contribution is 5.48. The second-order valence-electron chi connectivity index (χ2n) is 4.72. The van der Waals surface area contributed by atoms with Crippen LogP contribution >= 0.6 is 0 Å². The van der Waals surface area contributed by atoms with Gasteiger partial charge in [-0.15, -0.1) is 0 Å². The summed E-state index contributed by atoms with van der Waals surface area (Å²) in [6.07, 6.45) is 1.51. The topological polar surface area (TPSA) is 89.2 Å². The molecule has 1 N–H and O–H groups in total. The summed E-state index contributed by atoms with van der Waals surface area (Å²) in [6.45, 7) is 0. The van der Waals surface area contributed by atoms with E-state index < -0.39 is 0 Å². The largest absolute Gasteiger partial charge is 0.266 e. The van der Waals surface area contributed by atoms with E-state index >= 15 is 0 Å². The maximum atomic E-state index is 9.35. The van der Waals surface area contributed by atoms with Crippen LogP contribution in [0.2, 0.25) is 0 Å². The van der Waals surface area contributed by atoms with Crippen LogP contribution in [0.5, 0.6) is 0 Å². The van der Waals surface area contributed by atoms with E-state index in [2.05, 4.69) is 27.3 Å². The van der Waals surface area contributed by atoms with Gasteiger partial charge in [-0.3, -0.25) is 5.10 Å². The quantitative estimate of drug-likeness (QED) is 0.801. The molecule has 0 aliphatic heterocycles. The van der Waals surface area contributed by atoms with E-state index in [4.69, 9.17) is 5.26 Å². The number of rotatable bonds is 3. The predicted octanol–water partition coefficient (Wildman–Crippen LogP) is 2.73. The van der Waals surface area contributed by atoms with Crippen LogP contribution in [0.25, 0.3) is 0 Å². The van der Waals surface area contributed by atoms with Crippen LogP contribution in [-0.4, -0.2) is 15.2 Å². The van der Waals surface area contributed by atoms with Crippen LogP contribution < -0.4 is 0 Å². The molecule has 0 aliphatic rings. The molecular formula is C17H11N5. The third-order valence-electron chi connectivity index (χ3n) is 3.46. The van der Waals surface area contributed by atoms with E-state index in [1.165, 1.54) is 6.33 Å². The average Bonchev–Trinajstić information content (AvgIpc) is 3.10. The smallest absolute Gasteiger partial charge is 0.162 e. The molecule has 0 bridgehead atoms. The zero-order valence-corrected chi connectivity index (χ0v) is 11.6. The Kier molecular flexibility index (Phi) is 3.63. The highest BCUT2D eigenvalue weighted by atomic mass is 15.2. The molecule has 0 saturated heterocycles. The molecule has 0 fully saturated rings. The summed E-state index contributed by atoms with van der Waals surface area (Å²) in [4.78, 5) is 4.25. The molecule has 5 nitrogen and oxygen atoms in total. The SMILES string of the molecule is N#Cc1ccc(C(c2nc[nH]n2)c2ccccc2C#N)cc1. The molecule has 0 spiro atoms. The van der Waals surface area contributed by atoms with Crippen LogP contribution in [0.1, 0.15) is 34.0 Å². The number of aromatic nitrogens is 3. The summed E-state index contributed by atoms with van der Waals surface area (Å²) in [5, 5.41) is 25.2. The summed E-state index contributed by atoms with van der Waals surface area (Å²) in [6, 6.07) is 19.0. The van der Waals surface area contributed by atoms with E-state index in [1.54, 1.807) is 18.2 Å². The first-order valence-corrected chi connectivity index (χ1v) is 6.68. The number of hydrogen-bond acceptors (Lipinski definition) is 4. The van der Waals surface area contributed by atoms with Gasteiger partial charge in [0.05, 0.1) is 29.2 Å². The zero-order valence-electron chi connectivity index (χ0n) is 11.6. The maximum absolute atomic E-state index is 9.35. The van der Waals surface area contributed by atoms with Gasteiger partial charge in [-0.1, -0.05) is 30.3 Å². The second-order valence-corrected chi connectivity index (χ2v) is 4.72. The molecular weight excluding hydrogens is 274 g/mol. The first-order chi connectivity index (χ1) is 10.8. The number of nitrogens with one attached hydrogen (secondary N) is 1. The van der Waals surface area contributed by atoms with E-state index in [0.717, 1.165) is 11.1 Å². The Hall–Kier alpha value is -3.44. The minimum atomic E-state index is -0.255. The van der Waals surface area contributed by atoms with Gasteiger partial charge in [-0.05, 0) is 29.3 Å². The molecule has 0 radical (unpaired) electrons. The highest BCUT2D eigenvalue weighted by Gasteiger charge is 2.22. The lowest BCUT2D eigenvalue weighted by Crippen LogP contribution is -2.07. The molecule has 1 unspecified atom stereocenters. The third-order valence-corrected chi connectivity index (χ3v) is 3.46. The van der Waals surface area contributed by atoms with E-state index in [0.29, 0.717) is 17.0 Å². The fourth-order valence-corrected chi connectivity index (χ4v) is 2.43. The van der Waals surface area contributed by atoms with Crippen LogP contribution in [0.15, 0.2) is 54.9 Å². The van der Waals surface area contributed by atoms with Gasteiger partial charge in [0.15, 0.2) is 5.82 Å². The summed E-state index contributed by atoms with van der Waals surface area (Å²) in [5.74, 6) is 0.335. The monoisotopic (exact) mass is 285 g/mol. The van der Waals surface area contributed by atoms with Gasteiger partial charge in [0, 0.05) is 0 Å². The Balaban J connectivity index is 2.17.